The molecular weight excluding hydrogens is 622 g/mol. The standard InChI is InChI=1S/C34H37N5O9/c1-3-47-34(46)38-16-14-37(15-17-38)33(45)26(9-11-31(42)43)36-32(44)27-19-29(24-6-4-5-7-25(24)35-27)48-20-30(41)39-13-12-23-18-22(21(2)40)8-10-28(23)39/h4-8,10,18-19,26H,3,9,11-17,20H2,1-2H3,(H,36,44)(H,42,43). The van der Waals surface area contributed by atoms with Crippen LogP contribution in [0, 0.1) is 0 Å². The van der Waals surface area contributed by atoms with Crippen molar-refractivity contribution in [3.63, 3.8) is 0 Å². The lowest BCUT2D eigenvalue weighted by Crippen LogP contribution is -2.56. The van der Waals surface area contributed by atoms with Crippen LogP contribution >= 0.6 is 0 Å². The van der Waals surface area contributed by atoms with Crippen LogP contribution in [-0.4, -0.2) is 107 Å². The van der Waals surface area contributed by atoms with E-state index < -0.39 is 29.9 Å². The van der Waals surface area contributed by atoms with Gasteiger partial charge in [0.1, 0.15) is 17.5 Å². The number of carboxylic acids is 1. The lowest BCUT2D eigenvalue weighted by molar-refractivity contribution is -0.138. The van der Waals surface area contributed by atoms with E-state index in [1.165, 1.54) is 22.8 Å². The molecule has 4 amide bonds. The molecule has 5 rings (SSSR count). The number of nitrogens with zero attached hydrogens (tertiary/aromatic N) is 4. The third-order valence-corrected chi connectivity index (χ3v) is 8.31. The van der Waals surface area contributed by atoms with E-state index in [0.29, 0.717) is 35.1 Å². The molecule has 1 aromatic heterocycles. The molecule has 0 bridgehead atoms. The van der Waals surface area contributed by atoms with Crippen LogP contribution in [0.5, 0.6) is 5.75 Å². The number of aromatic nitrogens is 1. The number of benzene rings is 2. The summed E-state index contributed by atoms with van der Waals surface area (Å²) in [7, 11) is 0. The SMILES string of the molecule is CCOC(=O)N1CCN(C(=O)C(CCC(=O)O)NC(=O)c2cc(OCC(=O)N3CCc4cc(C(C)=O)ccc43)c3ccccc3n2)CC1. The number of carbonyl (C=O) groups is 6. The van der Waals surface area contributed by atoms with Gasteiger partial charge >= 0.3 is 12.1 Å². The predicted molar refractivity (Wildman–Crippen MR) is 173 cm³/mol. The van der Waals surface area contributed by atoms with E-state index >= 15 is 0 Å². The number of piperazine rings is 1. The number of anilines is 1. The van der Waals surface area contributed by atoms with Gasteiger partial charge in [0.15, 0.2) is 12.4 Å². The number of carbonyl (C=O) groups excluding carboxylic acids is 5. The molecule has 2 aliphatic heterocycles. The number of pyridine rings is 1. The maximum atomic E-state index is 13.5. The molecule has 2 aliphatic rings. The molecule has 3 aromatic rings. The topological polar surface area (TPSA) is 176 Å². The first-order valence-corrected chi connectivity index (χ1v) is 15.8. The van der Waals surface area contributed by atoms with Gasteiger partial charge < -0.3 is 34.6 Å². The number of para-hydroxylation sites is 1. The number of rotatable bonds is 11. The van der Waals surface area contributed by atoms with Gasteiger partial charge in [0.05, 0.1) is 12.1 Å². The second kappa shape index (κ2) is 14.9. The van der Waals surface area contributed by atoms with Crippen molar-refractivity contribution in [1.82, 2.24) is 20.1 Å². The number of ketones is 1. The first-order chi connectivity index (χ1) is 23.0. The fourth-order valence-corrected chi connectivity index (χ4v) is 5.78. The molecule has 252 valence electrons. The fourth-order valence-electron chi connectivity index (χ4n) is 5.78. The van der Waals surface area contributed by atoms with Crippen molar-refractivity contribution in [2.45, 2.75) is 39.2 Å². The number of nitrogens with one attached hydrogen (secondary N) is 1. The molecule has 2 aromatic carbocycles. The summed E-state index contributed by atoms with van der Waals surface area (Å²) in [5.41, 5.74) is 2.53. The van der Waals surface area contributed by atoms with Crippen LogP contribution < -0.4 is 15.0 Å². The molecule has 2 N–H and O–H groups in total. The lowest BCUT2D eigenvalue weighted by Gasteiger charge is -2.35. The van der Waals surface area contributed by atoms with E-state index in [9.17, 15) is 33.9 Å². The normalized spacial score (nSPS) is 14.7. The van der Waals surface area contributed by atoms with E-state index in [2.05, 4.69) is 10.3 Å². The lowest BCUT2D eigenvalue weighted by atomic mass is 10.1. The zero-order valence-corrected chi connectivity index (χ0v) is 26.8. The highest BCUT2D eigenvalue weighted by Crippen LogP contribution is 2.30. The second-order valence-corrected chi connectivity index (χ2v) is 11.5. The van der Waals surface area contributed by atoms with Gasteiger partial charge in [0, 0.05) is 61.8 Å². The van der Waals surface area contributed by atoms with E-state index in [1.54, 1.807) is 54.3 Å². The number of ether oxygens (including phenoxy) is 2. The van der Waals surface area contributed by atoms with Gasteiger partial charge in [-0.15, -0.1) is 0 Å². The van der Waals surface area contributed by atoms with Crippen molar-refractivity contribution in [3.8, 4) is 5.75 Å². The number of fused-ring (bicyclic) bond motifs is 2. The molecule has 0 radical (unpaired) electrons. The third-order valence-electron chi connectivity index (χ3n) is 8.31. The Balaban J connectivity index is 1.30. The number of hydrogen-bond acceptors (Lipinski definition) is 9. The molecule has 1 fully saturated rings. The zero-order chi connectivity index (χ0) is 34.4. The third kappa shape index (κ3) is 7.70. The maximum absolute atomic E-state index is 13.5. The number of carboxylic acid groups (broad SMARTS) is 1. The van der Waals surface area contributed by atoms with Crippen LogP contribution in [0.3, 0.4) is 0 Å². The molecular formula is C34H37N5O9. The van der Waals surface area contributed by atoms with E-state index in [-0.39, 0.29) is 75.4 Å². The molecule has 14 nitrogen and oxygen atoms in total. The summed E-state index contributed by atoms with van der Waals surface area (Å²) >= 11 is 0. The minimum Gasteiger partial charge on any atom is -0.483 e. The Bertz CT molecular complexity index is 1750. The molecule has 1 atom stereocenters. The van der Waals surface area contributed by atoms with Gasteiger partial charge in [-0.25, -0.2) is 9.78 Å². The van der Waals surface area contributed by atoms with Crippen molar-refractivity contribution >= 4 is 52.2 Å². The molecule has 1 unspecified atom stereocenters. The van der Waals surface area contributed by atoms with Crippen molar-refractivity contribution in [3.05, 3.63) is 65.4 Å². The van der Waals surface area contributed by atoms with Crippen LogP contribution in [0.2, 0.25) is 0 Å². The Morgan fingerprint density at radius 1 is 0.958 bits per heavy atom. The monoisotopic (exact) mass is 659 g/mol. The van der Waals surface area contributed by atoms with Gasteiger partial charge in [0.25, 0.3) is 11.8 Å². The molecule has 1 saturated heterocycles. The highest BCUT2D eigenvalue weighted by atomic mass is 16.6. The summed E-state index contributed by atoms with van der Waals surface area (Å²) in [4.78, 5) is 84.5. The number of Topliss-reactive ketones (excluding diaryl/α,β-unsaturated/α-hetero) is 1. The van der Waals surface area contributed by atoms with Crippen LogP contribution in [0.15, 0.2) is 48.5 Å². The largest absolute Gasteiger partial charge is 0.483 e. The molecule has 48 heavy (non-hydrogen) atoms. The Morgan fingerprint density at radius 2 is 1.69 bits per heavy atom. The van der Waals surface area contributed by atoms with Crippen molar-refractivity contribution in [2.75, 3.05) is 50.8 Å². The molecule has 14 heteroatoms. The van der Waals surface area contributed by atoms with Gasteiger partial charge in [-0.05, 0) is 62.6 Å². The average molecular weight is 660 g/mol. The van der Waals surface area contributed by atoms with Gasteiger partial charge in [0.2, 0.25) is 5.91 Å². The minimum absolute atomic E-state index is 0.0539. The van der Waals surface area contributed by atoms with Crippen molar-refractivity contribution in [2.24, 2.45) is 0 Å². The molecule has 3 heterocycles. The summed E-state index contributed by atoms with van der Waals surface area (Å²) in [6.07, 6.45) is -0.394. The summed E-state index contributed by atoms with van der Waals surface area (Å²) < 4.78 is 11.0. The van der Waals surface area contributed by atoms with Crippen molar-refractivity contribution in [1.29, 1.82) is 0 Å². The highest BCUT2D eigenvalue weighted by Gasteiger charge is 2.32. The van der Waals surface area contributed by atoms with Crippen molar-refractivity contribution < 1.29 is 43.3 Å². The minimum atomic E-state index is -1.17. The first-order valence-electron chi connectivity index (χ1n) is 15.8. The maximum Gasteiger partial charge on any atom is 0.409 e. The van der Waals surface area contributed by atoms with E-state index in [1.807, 2.05) is 0 Å². The summed E-state index contributed by atoms with van der Waals surface area (Å²) in [5.74, 6) is -2.45. The zero-order valence-electron chi connectivity index (χ0n) is 26.8. The Labute approximate surface area is 276 Å². The number of hydrogen-bond donors (Lipinski definition) is 2. The number of amides is 4. The second-order valence-electron chi connectivity index (χ2n) is 11.5. The van der Waals surface area contributed by atoms with Gasteiger partial charge in [-0.1, -0.05) is 12.1 Å². The average Bonchev–Trinajstić information content (AvgIpc) is 3.52. The Kier molecular flexibility index (Phi) is 10.5. The predicted octanol–water partition coefficient (Wildman–Crippen LogP) is 2.67. The fraction of sp³-hybridized carbons (Fsp3) is 0.382. The van der Waals surface area contributed by atoms with Crippen LogP contribution in [-0.2, 0) is 25.5 Å². The van der Waals surface area contributed by atoms with Crippen LogP contribution in [0.25, 0.3) is 10.9 Å². The summed E-state index contributed by atoms with van der Waals surface area (Å²) in [6, 6.07) is 12.4. The van der Waals surface area contributed by atoms with Crippen LogP contribution in [0.1, 0.15) is 53.1 Å². The Morgan fingerprint density at radius 3 is 2.40 bits per heavy atom. The summed E-state index contributed by atoms with van der Waals surface area (Å²) in [6.45, 7) is 4.38. The van der Waals surface area contributed by atoms with E-state index in [0.717, 1.165) is 5.56 Å². The van der Waals surface area contributed by atoms with Crippen LogP contribution in [0.4, 0.5) is 10.5 Å². The molecule has 0 spiro atoms. The molecule has 0 aliphatic carbocycles. The number of aliphatic carboxylic acids is 1. The quantitative estimate of drug-likeness (QED) is 0.291. The Hall–Kier alpha value is -5.53. The highest BCUT2D eigenvalue weighted by molar-refractivity contribution is 6.01. The molecule has 0 saturated carbocycles. The smallest absolute Gasteiger partial charge is 0.409 e. The summed E-state index contributed by atoms with van der Waals surface area (Å²) in [5, 5.41) is 12.5. The van der Waals surface area contributed by atoms with Gasteiger partial charge in [-0.3, -0.25) is 24.0 Å². The first kappa shape index (κ1) is 33.8. The van der Waals surface area contributed by atoms with Gasteiger partial charge in [-0.2, -0.15) is 0 Å². The van der Waals surface area contributed by atoms with E-state index in [4.69, 9.17) is 9.47 Å².